The van der Waals surface area contributed by atoms with Gasteiger partial charge in [-0.2, -0.15) is 5.26 Å². The summed E-state index contributed by atoms with van der Waals surface area (Å²) in [7, 11) is 0. The molecular weight excluding hydrogens is 216 g/mol. The summed E-state index contributed by atoms with van der Waals surface area (Å²) in [6, 6.07) is 4.71. The van der Waals surface area contributed by atoms with Crippen molar-refractivity contribution in [1.29, 1.82) is 5.26 Å². The van der Waals surface area contributed by atoms with Gasteiger partial charge in [-0.1, -0.05) is 11.6 Å². The molecule has 0 aliphatic rings. The van der Waals surface area contributed by atoms with Crippen molar-refractivity contribution in [3.8, 4) is 6.07 Å². The first-order valence-corrected chi connectivity index (χ1v) is 4.68. The lowest BCUT2D eigenvalue weighted by molar-refractivity contribution is 0.0935. The van der Waals surface area contributed by atoms with E-state index < -0.39 is 0 Å². The number of hydrogen-bond acceptors (Lipinski definition) is 4. The smallest absolute Gasteiger partial charge is 0.272 e. The van der Waals surface area contributed by atoms with E-state index >= 15 is 0 Å². The molecule has 1 aromatic rings. The Bertz CT molecular complexity index is 384. The van der Waals surface area contributed by atoms with Crippen LogP contribution in [-0.4, -0.2) is 22.1 Å². The zero-order chi connectivity index (χ0) is 11.3. The van der Waals surface area contributed by atoms with E-state index in [9.17, 15) is 4.79 Å². The molecule has 0 fully saturated rings. The second-order valence-electron chi connectivity index (χ2n) is 2.98. The summed E-state index contributed by atoms with van der Waals surface area (Å²) in [4.78, 5) is 11.5. The molecule has 1 unspecified atom stereocenters. The maximum atomic E-state index is 11.5. The second-order valence-corrected chi connectivity index (χ2v) is 3.37. The molecule has 1 amide bonds. The summed E-state index contributed by atoms with van der Waals surface area (Å²) in [5, 5.41) is 18.4. The van der Waals surface area contributed by atoms with Crippen LogP contribution in [0.5, 0.6) is 0 Å². The minimum Gasteiger partial charge on any atom is -0.347 e. The predicted octanol–water partition coefficient (Wildman–Crippen LogP) is 1.16. The van der Waals surface area contributed by atoms with E-state index in [0.29, 0.717) is 0 Å². The van der Waals surface area contributed by atoms with Crippen LogP contribution in [0.4, 0.5) is 0 Å². The van der Waals surface area contributed by atoms with Crippen LogP contribution in [0.1, 0.15) is 23.8 Å². The maximum absolute atomic E-state index is 11.5. The first kappa shape index (κ1) is 11.4. The molecule has 0 bridgehead atoms. The SMILES string of the molecule is CC(CC#N)NC(=O)c1ccc(Cl)nn1. The summed E-state index contributed by atoms with van der Waals surface area (Å²) in [6.07, 6.45) is 0.257. The van der Waals surface area contributed by atoms with Gasteiger partial charge in [-0.15, -0.1) is 10.2 Å². The molecule has 0 aromatic carbocycles. The average molecular weight is 225 g/mol. The van der Waals surface area contributed by atoms with Crippen LogP contribution in [0, 0.1) is 11.3 Å². The van der Waals surface area contributed by atoms with Crippen molar-refractivity contribution in [2.75, 3.05) is 0 Å². The van der Waals surface area contributed by atoms with Crippen LogP contribution in [0.2, 0.25) is 5.15 Å². The normalized spacial score (nSPS) is 11.5. The van der Waals surface area contributed by atoms with E-state index in [1.165, 1.54) is 12.1 Å². The Morgan fingerprint density at radius 3 is 2.93 bits per heavy atom. The fourth-order valence-corrected chi connectivity index (χ4v) is 1.02. The highest BCUT2D eigenvalue weighted by atomic mass is 35.5. The van der Waals surface area contributed by atoms with Gasteiger partial charge in [0.05, 0.1) is 12.5 Å². The van der Waals surface area contributed by atoms with E-state index in [1.807, 2.05) is 6.07 Å². The first-order chi connectivity index (χ1) is 7.13. The molecule has 1 heterocycles. The van der Waals surface area contributed by atoms with Gasteiger partial charge in [-0.05, 0) is 19.1 Å². The van der Waals surface area contributed by atoms with Gasteiger partial charge in [0.2, 0.25) is 0 Å². The number of carbonyl (C=O) groups is 1. The second kappa shape index (κ2) is 5.27. The molecular formula is C9H9ClN4O. The van der Waals surface area contributed by atoms with E-state index in [0.717, 1.165) is 0 Å². The van der Waals surface area contributed by atoms with Crippen LogP contribution in [0.3, 0.4) is 0 Å². The van der Waals surface area contributed by atoms with Crippen molar-refractivity contribution in [3.63, 3.8) is 0 Å². The number of nitrogens with one attached hydrogen (secondary N) is 1. The largest absolute Gasteiger partial charge is 0.347 e. The van der Waals surface area contributed by atoms with E-state index in [-0.39, 0.29) is 29.2 Å². The summed E-state index contributed by atoms with van der Waals surface area (Å²) >= 11 is 5.52. The highest BCUT2D eigenvalue weighted by Crippen LogP contribution is 2.02. The van der Waals surface area contributed by atoms with Crippen LogP contribution in [0.25, 0.3) is 0 Å². The van der Waals surface area contributed by atoms with Crippen molar-refractivity contribution >= 4 is 17.5 Å². The zero-order valence-corrected chi connectivity index (χ0v) is 8.82. The third-order valence-electron chi connectivity index (χ3n) is 1.64. The Kier molecular flexibility index (Phi) is 4.01. The minimum atomic E-state index is -0.359. The lowest BCUT2D eigenvalue weighted by Gasteiger charge is -2.08. The molecule has 15 heavy (non-hydrogen) atoms. The molecule has 0 saturated heterocycles. The van der Waals surface area contributed by atoms with Crippen molar-refractivity contribution in [2.24, 2.45) is 0 Å². The molecule has 0 aliphatic heterocycles. The zero-order valence-electron chi connectivity index (χ0n) is 8.07. The van der Waals surface area contributed by atoms with Gasteiger partial charge in [0.15, 0.2) is 10.8 Å². The Morgan fingerprint density at radius 1 is 1.67 bits per heavy atom. The van der Waals surface area contributed by atoms with Crippen LogP contribution < -0.4 is 5.32 Å². The molecule has 0 saturated carbocycles. The monoisotopic (exact) mass is 224 g/mol. The molecule has 1 atom stereocenters. The predicted molar refractivity (Wildman–Crippen MR) is 54.2 cm³/mol. The fraction of sp³-hybridized carbons (Fsp3) is 0.333. The summed E-state index contributed by atoms with van der Waals surface area (Å²) in [5.41, 5.74) is 0.184. The first-order valence-electron chi connectivity index (χ1n) is 4.30. The Morgan fingerprint density at radius 2 is 2.40 bits per heavy atom. The molecule has 0 spiro atoms. The van der Waals surface area contributed by atoms with E-state index in [1.54, 1.807) is 6.92 Å². The number of hydrogen-bond donors (Lipinski definition) is 1. The van der Waals surface area contributed by atoms with Gasteiger partial charge in [0, 0.05) is 6.04 Å². The van der Waals surface area contributed by atoms with Gasteiger partial charge < -0.3 is 5.32 Å². The van der Waals surface area contributed by atoms with E-state index in [2.05, 4.69) is 15.5 Å². The van der Waals surface area contributed by atoms with Crippen LogP contribution >= 0.6 is 11.6 Å². The molecule has 0 radical (unpaired) electrons. The van der Waals surface area contributed by atoms with Gasteiger partial charge >= 0.3 is 0 Å². The molecule has 1 N–H and O–H groups in total. The fourth-order valence-electron chi connectivity index (χ4n) is 0.923. The summed E-state index contributed by atoms with van der Waals surface area (Å²) < 4.78 is 0. The number of amides is 1. The number of halogens is 1. The van der Waals surface area contributed by atoms with Crippen molar-refractivity contribution in [3.05, 3.63) is 23.0 Å². The third kappa shape index (κ3) is 3.52. The number of nitriles is 1. The molecule has 78 valence electrons. The number of nitrogens with zero attached hydrogens (tertiary/aromatic N) is 3. The molecule has 5 nitrogen and oxygen atoms in total. The highest BCUT2D eigenvalue weighted by molar-refractivity contribution is 6.29. The number of rotatable bonds is 3. The number of carbonyl (C=O) groups excluding carboxylic acids is 1. The molecule has 1 rings (SSSR count). The highest BCUT2D eigenvalue weighted by Gasteiger charge is 2.10. The van der Waals surface area contributed by atoms with Crippen LogP contribution in [0.15, 0.2) is 12.1 Å². The lowest BCUT2D eigenvalue weighted by Crippen LogP contribution is -2.32. The van der Waals surface area contributed by atoms with E-state index in [4.69, 9.17) is 16.9 Å². The van der Waals surface area contributed by atoms with Gasteiger partial charge in [-0.25, -0.2) is 0 Å². The van der Waals surface area contributed by atoms with Crippen LogP contribution in [-0.2, 0) is 0 Å². The molecule has 0 aliphatic carbocycles. The van der Waals surface area contributed by atoms with Gasteiger partial charge in [0.25, 0.3) is 5.91 Å². The van der Waals surface area contributed by atoms with Crippen molar-refractivity contribution in [1.82, 2.24) is 15.5 Å². The Labute approximate surface area is 92.1 Å². The van der Waals surface area contributed by atoms with Gasteiger partial charge in [0.1, 0.15) is 0 Å². The summed E-state index contributed by atoms with van der Waals surface area (Å²) in [5.74, 6) is -0.359. The quantitative estimate of drug-likeness (QED) is 0.836. The average Bonchev–Trinajstić information content (AvgIpc) is 2.18. The van der Waals surface area contributed by atoms with Crippen molar-refractivity contribution < 1.29 is 4.79 Å². The topological polar surface area (TPSA) is 78.7 Å². The lowest BCUT2D eigenvalue weighted by atomic mass is 10.2. The minimum absolute atomic E-state index is 0.184. The Balaban J connectivity index is 2.62. The number of aromatic nitrogens is 2. The third-order valence-corrected chi connectivity index (χ3v) is 1.84. The molecule has 6 heteroatoms. The summed E-state index contributed by atoms with van der Waals surface area (Å²) in [6.45, 7) is 1.74. The standard InChI is InChI=1S/C9H9ClN4O/c1-6(4-5-11)12-9(15)7-2-3-8(10)14-13-7/h2-3,6H,4H2,1H3,(H,12,15). The van der Waals surface area contributed by atoms with Crippen molar-refractivity contribution in [2.45, 2.75) is 19.4 Å². The molecule has 1 aromatic heterocycles. The maximum Gasteiger partial charge on any atom is 0.272 e. The van der Waals surface area contributed by atoms with Gasteiger partial charge in [-0.3, -0.25) is 4.79 Å². The Hall–Kier alpha value is -1.67.